The van der Waals surface area contributed by atoms with Crippen molar-refractivity contribution in [2.75, 3.05) is 12.3 Å². The van der Waals surface area contributed by atoms with Crippen LogP contribution < -0.4 is 5.73 Å². The molecule has 2 N–H and O–H groups in total. The third-order valence-electron chi connectivity index (χ3n) is 5.82. The van der Waals surface area contributed by atoms with Crippen molar-refractivity contribution in [2.45, 2.75) is 39.5 Å². The number of hydrogen-bond acceptors (Lipinski definition) is 5. The number of hydrogen-bond donors (Lipinski definition) is 1. The average Bonchev–Trinajstić information content (AvgIpc) is 3.16. The quantitative estimate of drug-likeness (QED) is 0.644. The van der Waals surface area contributed by atoms with Crippen molar-refractivity contribution in [3.8, 4) is 12.3 Å². The van der Waals surface area contributed by atoms with E-state index < -0.39 is 11.7 Å². The van der Waals surface area contributed by atoms with E-state index in [2.05, 4.69) is 15.9 Å². The van der Waals surface area contributed by atoms with E-state index in [0.29, 0.717) is 41.1 Å². The normalized spacial score (nSPS) is 16.0. The number of anilines is 1. The average molecular weight is 418 g/mol. The maximum Gasteiger partial charge on any atom is 0.257 e. The van der Waals surface area contributed by atoms with Gasteiger partial charge in [0.2, 0.25) is 0 Å². The lowest BCUT2D eigenvalue weighted by atomic mass is 9.99. The number of nitrogen functional groups attached to an aromatic ring is 1. The third kappa shape index (κ3) is 3.49. The van der Waals surface area contributed by atoms with Crippen molar-refractivity contribution in [1.82, 2.24) is 14.9 Å². The van der Waals surface area contributed by atoms with E-state index in [4.69, 9.17) is 16.9 Å². The Labute approximate surface area is 180 Å². The van der Waals surface area contributed by atoms with Crippen LogP contribution in [-0.4, -0.2) is 27.3 Å². The Balaban J connectivity index is 1.75. The van der Waals surface area contributed by atoms with Crippen LogP contribution >= 0.6 is 0 Å². The molecule has 2 atom stereocenters. The zero-order valence-electron chi connectivity index (χ0n) is 17.6. The molecular formula is C24H23FN4O2. The summed E-state index contributed by atoms with van der Waals surface area (Å²) in [5.74, 6) is 1.79. The number of fused-ring (bicyclic) bond motifs is 3. The molecule has 0 saturated carbocycles. The summed E-state index contributed by atoms with van der Waals surface area (Å²) in [6.07, 6.45) is 6.78. The largest absolute Gasteiger partial charge is 0.383 e. The van der Waals surface area contributed by atoms with E-state index >= 15 is 0 Å². The second kappa shape index (κ2) is 7.97. The second-order valence-electron chi connectivity index (χ2n) is 7.57. The highest BCUT2D eigenvalue weighted by Crippen LogP contribution is 2.38. The highest BCUT2D eigenvalue weighted by molar-refractivity contribution is 5.99. The van der Waals surface area contributed by atoms with Gasteiger partial charge in [0.1, 0.15) is 11.6 Å². The minimum absolute atomic E-state index is 0.0187. The number of amides is 1. The fourth-order valence-electron chi connectivity index (χ4n) is 4.10. The lowest BCUT2D eigenvalue weighted by Gasteiger charge is -2.28. The third-order valence-corrected chi connectivity index (χ3v) is 5.82. The van der Waals surface area contributed by atoms with E-state index in [1.54, 1.807) is 29.3 Å². The summed E-state index contributed by atoms with van der Waals surface area (Å²) >= 11 is 0. The number of halogens is 1. The standard InChI is InChI=1S/C24H23FN4O2/c1-5-15-7-8-20(27-11-15)13(3)29(6-2)24(30)17-9-16-18-12-31-14(4)22(18)23(26)28-21(16)10-19(17)25/h1,7-11,13-14H,6,12H2,2-4H3,(H2,26,28). The first-order valence-corrected chi connectivity index (χ1v) is 10.1. The van der Waals surface area contributed by atoms with Crippen molar-refractivity contribution >= 4 is 22.6 Å². The highest BCUT2D eigenvalue weighted by atomic mass is 19.1. The van der Waals surface area contributed by atoms with Gasteiger partial charge >= 0.3 is 0 Å². The Morgan fingerprint density at radius 2 is 2.23 bits per heavy atom. The Bertz CT molecular complexity index is 1220. The van der Waals surface area contributed by atoms with E-state index in [9.17, 15) is 9.18 Å². The van der Waals surface area contributed by atoms with E-state index in [1.165, 1.54) is 6.07 Å². The van der Waals surface area contributed by atoms with Crippen LogP contribution in [0.15, 0.2) is 30.5 Å². The van der Waals surface area contributed by atoms with Crippen LogP contribution in [0.4, 0.5) is 10.2 Å². The van der Waals surface area contributed by atoms with Crippen LogP contribution in [0.1, 0.15) is 65.7 Å². The van der Waals surface area contributed by atoms with Gasteiger partial charge in [-0.05, 0) is 44.5 Å². The summed E-state index contributed by atoms with van der Waals surface area (Å²) in [5.41, 5.74) is 9.44. The molecule has 3 heterocycles. The number of aromatic nitrogens is 2. The van der Waals surface area contributed by atoms with Crippen molar-refractivity contribution in [3.05, 3.63) is 64.2 Å². The van der Waals surface area contributed by atoms with E-state index in [-0.39, 0.29) is 17.7 Å². The van der Waals surface area contributed by atoms with Gasteiger partial charge in [-0.3, -0.25) is 9.78 Å². The monoisotopic (exact) mass is 418 g/mol. The molecule has 0 saturated heterocycles. The topological polar surface area (TPSA) is 81.3 Å². The number of carbonyl (C=O) groups excluding carboxylic acids is 1. The van der Waals surface area contributed by atoms with E-state index in [1.807, 2.05) is 20.8 Å². The first-order valence-electron chi connectivity index (χ1n) is 10.1. The van der Waals surface area contributed by atoms with Gasteiger partial charge in [-0.15, -0.1) is 6.42 Å². The number of pyridine rings is 2. The Morgan fingerprint density at radius 3 is 2.87 bits per heavy atom. The second-order valence-corrected chi connectivity index (χ2v) is 7.57. The molecule has 2 unspecified atom stereocenters. The summed E-state index contributed by atoms with van der Waals surface area (Å²) in [5, 5.41) is 0.679. The number of nitrogens with two attached hydrogens (primary N) is 1. The van der Waals surface area contributed by atoms with Gasteiger partial charge in [0.05, 0.1) is 35.5 Å². The number of ether oxygens (including phenoxy) is 1. The molecule has 0 fully saturated rings. The van der Waals surface area contributed by atoms with E-state index in [0.717, 1.165) is 11.1 Å². The smallest absolute Gasteiger partial charge is 0.257 e. The summed E-state index contributed by atoms with van der Waals surface area (Å²) in [4.78, 5) is 23.6. The van der Waals surface area contributed by atoms with Crippen molar-refractivity contribution in [3.63, 3.8) is 0 Å². The fourth-order valence-corrected chi connectivity index (χ4v) is 4.10. The number of terminal acetylenes is 1. The molecule has 31 heavy (non-hydrogen) atoms. The minimum Gasteiger partial charge on any atom is -0.383 e. The van der Waals surface area contributed by atoms with Gasteiger partial charge in [0.25, 0.3) is 5.91 Å². The molecule has 1 amide bonds. The molecule has 0 bridgehead atoms. The number of nitrogens with zero attached hydrogens (tertiary/aromatic N) is 3. The molecule has 1 aromatic carbocycles. The molecule has 7 heteroatoms. The molecule has 2 aromatic heterocycles. The Hall–Kier alpha value is -3.50. The maximum absolute atomic E-state index is 15.0. The van der Waals surface area contributed by atoms with Gasteiger partial charge in [-0.1, -0.05) is 5.92 Å². The zero-order chi connectivity index (χ0) is 22.3. The summed E-state index contributed by atoms with van der Waals surface area (Å²) in [7, 11) is 0. The summed E-state index contributed by atoms with van der Waals surface area (Å²) in [6, 6.07) is 6.02. The zero-order valence-corrected chi connectivity index (χ0v) is 17.6. The van der Waals surface area contributed by atoms with Crippen LogP contribution in [0, 0.1) is 18.2 Å². The molecular weight excluding hydrogens is 395 g/mol. The molecule has 158 valence electrons. The first kappa shape index (κ1) is 20.8. The molecule has 0 aliphatic carbocycles. The van der Waals surface area contributed by atoms with Crippen LogP contribution in [0.25, 0.3) is 10.9 Å². The van der Waals surface area contributed by atoms with Crippen LogP contribution in [0.3, 0.4) is 0 Å². The SMILES string of the molecule is C#Cc1ccc(C(C)N(CC)C(=O)c2cc3c4c(c(N)nc3cc2F)C(C)OC4)nc1. The van der Waals surface area contributed by atoms with Gasteiger partial charge in [-0.2, -0.15) is 0 Å². The van der Waals surface area contributed by atoms with Gasteiger partial charge in [-0.25, -0.2) is 9.37 Å². The summed E-state index contributed by atoms with van der Waals surface area (Å²) in [6.45, 7) is 6.32. The molecule has 0 spiro atoms. The highest BCUT2D eigenvalue weighted by Gasteiger charge is 2.29. The molecule has 6 nitrogen and oxygen atoms in total. The molecule has 1 aliphatic heterocycles. The first-order chi connectivity index (χ1) is 14.8. The van der Waals surface area contributed by atoms with Crippen molar-refractivity contribution in [1.29, 1.82) is 0 Å². The predicted molar refractivity (Wildman–Crippen MR) is 117 cm³/mol. The molecule has 3 aromatic rings. The van der Waals surface area contributed by atoms with Gasteiger partial charge in [0.15, 0.2) is 0 Å². The van der Waals surface area contributed by atoms with Crippen LogP contribution in [0.2, 0.25) is 0 Å². The molecule has 4 rings (SSSR count). The molecule has 1 aliphatic rings. The number of rotatable bonds is 4. The Morgan fingerprint density at radius 1 is 1.45 bits per heavy atom. The maximum atomic E-state index is 15.0. The Kier molecular flexibility index (Phi) is 5.34. The predicted octanol–water partition coefficient (Wildman–Crippen LogP) is 4.15. The van der Waals surface area contributed by atoms with Crippen molar-refractivity contribution in [2.24, 2.45) is 0 Å². The lowest BCUT2D eigenvalue weighted by Crippen LogP contribution is -2.34. The van der Waals surface area contributed by atoms with Crippen LogP contribution in [0.5, 0.6) is 0 Å². The lowest BCUT2D eigenvalue weighted by molar-refractivity contribution is 0.0694. The number of carbonyl (C=O) groups is 1. The van der Waals surface area contributed by atoms with Crippen molar-refractivity contribution < 1.29 is 13.9 Å². The van der Waals surface area contributed by atoms with Crippen LogP contribution in [-0.2, 0) is 11.3 Å². The fraction of sp³-hybridized carbons (Fsp3) is 0.292. The number of benzene rings is 1. The summed E-state index contributed by atoms with van der Waals surface area (Å²) < 4.78 is 20.7. The van der Waals surface area contributed by atoms with Gasteiger partial charge in [0, 0.05) is 35.3 Å². The van der Waals surface area contributed by atoms with Gasteiger partial charge < -0.3 is 15.4 Å². The minimum atomic E-state index is -0.641. The molecule has 0 radical (unpaired) electrons.